The Hall–Kier alpha value is -2.12. The molecule has 0 saturated carbocycles. The van der Waals surface area contributed by atoms with Gasteiger partial charge in [-0.25, -0.2) is 0 Å². The van der Waals surface area contributed by atoms with Crippen LogP contribution in [0.15, 0.2) is 41.3 Å². The van der Waals surface area contributed by atoms with Crippen LogP contribution in [0.25, 0.3) is 11.0 Å². The first-order valence-corrected chi connectivity index (χ1v) is 8.16. The molecule has 8 heteroatoms. The van der Waals surface area contributed by atoms with Crippen molar-refractivity contribution in [2.45, 2.75) is 11.8 Å². The fourth-order valence-electron chi connectivity index (χ4n) is 2.14. The van der Waals surface area contributed by atoms with E-state index < -0.39 is 10.0 Å². The third-order valence-corrected chi connectivity index (χ3v) is 5.04. The normalized spacial score (nSPS) is 11.8. The predicted octanol–water partition coefficient (Wildman–Crippen LogP) is 2.64. The van der Waals surface area contributed by atoms with E-state index >= 15 is 0 Å². The first-order valence-electron chi connectivity index (χ1n) is 6.34. The number of halogens is 1. The number of benzene rings is 2. The maximum Gasteiger partial charge on any atom is 0.288 e. The van der Waals surface area contributed by atoms with Gasteiger partial charge in [0.1, 0.15) is 21.7 Å². The van der Waals surface area contributed by atoms with Crippen molar-refractivity contribution in [3.63, 3.8) is 0 Å². The largest absolute Gasteiger partial charge is 0.495 e. The molecule has 3 aromatic rings. The molecule has 0 atom stereocenters. The molecular weight excluding hydrogens is 326 g/mol. The van der Waals surface area contributed by atoms with Crippen LogP contribution in [0.2, 0.25) is 5.02 Å². The molecule has 0 aliphatic rings. The molecule has 1 aromatic heterocycles. The lowest BCUT2D eigenvalue weighted by Crippen LogP contribution is -2.15. The van der Waals surface area contributed by atoms with Crippen molar-refractivity contribution < 1.29 is 13.2 Å². The summed E-state index contributed by atoms with van der Waals surface area (Å²) in [6.45, 7) is 1.90. The number of fused-ring (bicyclic) bond motifs is 1. The lowest BCUT2D eigenvalue weighted by atomic mass is 10.2. The average Bonchev–Trinajstić information content (AvgIpc) is 2.90. The number of ether oxygens (including phenoxy) is 1. The van der Waals surface area contributed by atoms with Crippen molar-refractivity contribution in [2.75, 3.05) is 7.11 Å². The highest BCUT2D eigenvalue weighted by Crippen LogP contribution is 2.29. The highest BCUT2D eigenvalue weighted by molar-refractivity contribution is 7.90. The van der Waals surface area contributed by atoms with Crippen LogP contribution in [0.3, 0.4) is 0 Å². The minimum Gasteiger partial charge on any atom is -0.495 e. The van der Waals surface area contributed by atoms with Crippen LogP contribution in [0.5, 0.6) is 5.75 Å². The summed E-state index contributed by atoms with van der Waals surface area (Å²) in [5.41, 5.74) is 1.87. The molecule has 0 unspecified atom stereocenters. The summed E-state index contributed by atoms with van der Waals surface area (Å²) in [6.07, 6.45) is 0. The first kappa shape index (κ1) is 14.8. The number of hydrogen-bond donors (Lipinski definition) is 0. The number of hydrogen-bond acceptors (Lipinski definition) is 5. The van der Waals surface area contributed by atoms with Crippen LogP contribution in [-0.2, 0) is 10.0 Å². The van der Waals surface area contributed by atoms with Crippen molar-refractivity contribution in [1.82, 2.24) is 14.4 Å². The SMILES string of the molecule is COc1ccc(Cl)cc1S(=O)(=O)n1nnc2cc(C)ccc21. The summed E-state index contributed by atoms with van der Waals surface area (Å²) in [5.74, 6) is 0.195. The fraction of sp³-hybridized carbons (Fsp3) is 0.143. The lowest BCUT2D eigenvalue weighted by Gasteiger charge is -2.10. The van der Waals surface area contributed by atoms with Crippen LogP contribution in [0.4, 0.5) is 0 Å². The molecule has 6 nitrogen and oxygen atoms in total. The lowest BCUT2D eigenvalue weighted by molar-refractivity contribution is 0.402. The van der Waals surface area contributed by atoms with Gasteiger partial charge in [-0.3, -0.25) is 0 Å². The van der Waals surface area contributed by atoms with Gasteiger partial charge in [0.15, 0.2) is 0 Å². The molecule has 0 saturated heterocycles. The second kappa shape index (κ2) is 5.26. The van der Waals surface area contributed by atoms with Crippen LogP contribution in [0.1, 0.15) is 5.56 Å². The summed E-state index contributed by atoms with van der Waals surface area (Å²) < 4.78 is 31.7. The molecule has 0 fully saturated rings. The van der Waals surface area contributed by atoms with Gasteiger partial charge in [-0.1, -0.05) is 22.9 Å². The molecule has 0 aliphatic heterocycles. The van der Waals surface area contributed by atoms with Crippen molar-refractivity contribution in [3.8, 4) is 5.75 Å². The van der Waals surface area contributed by atoms with Crippen molar-refractivity contribution in [3.05, 3.63) is 47.0 Å². The summed E-state index contributed by atoms with van der Waals surface area (Å²) in [7, 11) is -2.57. The third kappa shape index (κ3) is 2.32. The molecule has 0 bridgehead atoms. The molecule has 0 amide bonds. The summed E-state index contributed by atoms with van der Waals surface area (Å²) >= 11 is 5.91. The van der Waals surface area contributed by atoms with E-state index in [2.05, 4.69) is 10.3 Å². The van der Waals surface area contributed by atoms with E-state index in [0.717, 1.165) is 9.65 Å². The van der Waals surface area contributed by atoms with Crippen molar-refractivity contribution in [1.29, 1.82) is 0 Å². The van der Waals surface area contributed by atoms with E-state index in [0.29, 0.717) is 16.1 Å². The van der Waals surface area contributed by atoms with Gasteiger partial charge in [-0.15, -0.1) is 9.19 Å². The number of aromatic nitrogens is 3. The van der Waals surface area contributed by atoms with Crippen LogP contribution < -0.4 is 4.74 Å². The summed E-state index contributed by atoms with van der Waals surface area (Å²) in [6, 6.07) is 9.62. The Bertz CT molecular complexity index is 967. The Morgan fingerprint density at radius 1 is 1.18 bits per heavy atom. The fourth-order valence-corrected chi connectivity index (χ4v) is 3.79. The number of methoxy groups -OCH3 is 1. The number of aryl methyl sites for hydroxylation is 1. The number of rotatable bonds is 3. The van der Waals surface area contributed by atoms with Gasteiger partial charge in [0.25, 0.3) is 10.0 Å². The molecule has 114 valence electrons. The topological polar surface area (TPSA) is 74.1 Å². The maximum absolute atomic E-state index is 12.8. The Labute approximate surface area is 132 Å². The molecule has 2 aromatic carbocycles. The minimum absolute atomic E-state index is 0.0603. The zero-order valence-corrected chi connectivity index (χ0v) is 13.4. The van der Waals surface area contributed by atoms with Crippen LogP contribution >= 0.6 is 11.6 Å². The monoisotopic (exact) mass is 337 g/mol. The highest BCUT2D eigenvalue weighted by Gasteiger charge is 2.25. The van der Waals surface area contributed by atoms with Gasteiger partial charge in [0.05, 0.1) is 7.11 Å². The van der Waals surface area contributed by atoms with Gasteiger partial charge in [-0.2, -0.15) is 8.42 Å². The molecule has 0 spiro atoms. The van der Waals surface area contributed by atoms with E-state index in [1.807, 2.05) is 6.92 Å². The van der Waals surface area contributed by atoms with Crippen molar-refractivity contribution in [2.24, 2.45) is 0 Å². The van der Waals surface area contributed by atoms with Gasteiger partial charge in [0.2, 0.25) is 0 Å². The van der Waals surface area contributed by atoms with E-state index in [4.69, 9.17) is 16.3 Å². The molecule has 0 radical (unpaired) electrons. The Morgan fingerprint density at radius 3 is 2.68 bits per heavy atom. The highest BCUT2D eigenvalue weighted by atomic mass is 35.5. The van der Waals surface area contributed by atoms with Gasteiger partial charge in [0, 0.05) is 5.02 Å². The van der Waals surface area contributed by atoms with E-state index in [9.17, 15) is 8.42 Å². The Balaban J connectivity index is 2.27. The summed E-state index contributed by atoms with van der Waals surface area (Å²) in [5, 5.41) is 7.97. The summed E-state index contributed by atoms with van der Waals surface area (Å²) in [4.78, 5) is -0.0603. The predicted molar refractivity (Wildman–Crippen MR) is 82.9 cm³/mol. The van der Waals surface area contributed by atoms with E-state index in [-0.39, 0.29) is 10.6 Å². The molecule has 1 heterocycles. The number of nitrogens with zero attached hydrogens (tertiary/aromatic N) is 3. The zero-order chi connectivity index (χ0) is 15.9. The molecular formula is C14H12ClN3O3S. The standard InChI is InChI=1S/C14H12ClN3O3S/c1-9-3-5-12-11(7-9)16-17-18(12)22(19,20)14-8-10(15)4-6-13(14)21-2/h3-8H,1-2H3. The van der Waals surface area contributed by atoms with E-state index in [1.165, 1.54) is 19.2 Å². The second-order valence-electron chi connectivity index (χ2n) is 4.72. The molecule has 0 aliphatic carbocycles. The Morgan fingerprint density at radius 2 is 1.95 bits per heavy atom. The molecule has 0 N–H and O–H groups in total. The van der Waals surface area contributed by atoms with Crippen LogP contribution in [0, 0.1) is 6.92 Å². The molecule has 22 heavy (non-hydrogen) atoms. The molecule has 3 rings (SSSR count). The quantitative estimate of drug-likeness (QED) is 0.734. The zero-order valence-electron chi connectivity index (χ0n) is 11.8. The minimum atomic E-state index is -3.97. The third-order valence-electron chi connectivity index (χ3n) is 3.20. The smallest absolute Gasteiger partial charge is 0.288 e. The van der Waals surface area contributed by atoms with Gasteiger partial charge >= 0.3 is 0 Å². The van der Waals surface area contributed by atoms with E-state index in [1.54, 1.807) is 24.3 Å². The average molecular weight is 338 g/mol. The van der Waals surface area contributed by atoms with Crippen LogP contribution in [-0.4, -0.2) is 29.9 Å². The van der Waals surface area contributed by atoms with Gasteiger partial charge < -0.3 is 4.74 Å². The maximum atomic E-state index is 12.8. The van der Waals surface area contributed by atoms with Gasteiger partial charge in [-0.05, 0) is 42.8 Å². The second-order valence-corrected chi connectivity index (χ2v) is 6.90. The van der Waals surface area contributed by atoms with Crippen molar-refractivity contribution >= 4 is 32.7 Å². The Kier molecular flexibility index (Phi) is 3.54. The first-order chi connectivity index (χ1) is 10.4.